The lowest BCUT2D eigenvalue weighted by molar-refractivity contribution is 0.0600. The minimum absolute atomic E-state index is 0.296. The van der Waals surface area contributed by atoms with E-state index in [0.29, 0.717) is 5.56 Å². The van der Waals surface area contributed by atoms with Crippen LogP contribution in [0.4, 0.5) is 0 Å². The van der Waals surface area contributed by atoms with Gasteiger partial charge in [-0.3, -0.25) is 0 Å². The minimum atomic E-state index is -0.296. The monoisotopic (exact) mass is 280 g/mol. The van der Waals surface area contributed by atoms with Gasteiger partial charge in [-0.25, -0.2) is 4.79 Å². The van der Waals surface area contributed by atoms with Gasteiger partial charge in [0, 0.05) is 0 Å². The molecule has 0 aliphatic heterocycles. The molecule has 2 aromatic carbocycles. The quantitative estimate of drug-likeness (QED) is 0.588. The standard InChI is InChI=1S/C19H20O2/c1-3-4-6-11-16-14-17(19(20)21-2)12-13-18(16)15-9-7-5-8-10-15/h4-10,12-14H,3,11H2,1-2H3. The zero-order chi connectivity index (χ0) is 15.1. The first-order valence-electron chi connectivity index (χ1n) is 7.18. The van der Waals surface area contributed by atoms with Gasteiger partial charge in [0.1, 0.15) is 0 Å². The van der Waals surface area contributed by atoms with Gasteiger partial charge in [-0.2, -0.15) is 0 Å². The van der Waals surface area contributed by atoms with E-state index in [4.69, 9.17) is 4.74 Å². The topological polar surface area (TPSA) is 26.3 Å². The third-order valence-corrected chi connectivity index (χ3v) is 3.35. The third kappa shape index (κ3) is 3.82. The number of esters is 1. The van der Waals surface area contributed by atoms with E-state index in [0.717, 1.165) is 29.5 Å². The van der Waals surface area contributed by atoms with Gasteiger partial charge in [-0.05, 0) is 41.7 Å². The fraction of sp³-hybridized carbons (Fsp3) is 0.211. The molecule has 2 nitrogen and oxygen atoms in total. The molecule has 0 heterocycles. The number of ether oxygens (including phenoxy) is 1. The molecule has 0 unspecified atom stereocenters. The van der Waals surface area contributed by atoms with Crippen LogP contribution < -0.4 is 0 Å². The summed E-state index contributed by atoms with van der Waals surface area (Å²) in [5, 5.41) is 0. The second kappa shape index (κ2) is 7.44. The molecular formula is C19H20O2. The van der Waals surface area contributed by atoms with Gasteiger partial charge < -0.3 is 4.74 Å². The number of methoxy groups -OCH3 is 1. The van der Waals surface area contributed by atoms with E-state index in [2.05, 4.69) is 31.2 Å². The Labute approximate surface area is 126 Å². The van der Waals surface area contributed by atoms with Gasteiger partial charge in [0.05, 0.1) is 12.7 Å². The summed E-state index contributed by atoms with van der Waals surface area (Å²) in [6.45, 7) is 2.11. The van der Waals surface area contributed by atoms with E-state index in [1.165, 1.54) is 7.11 Å². The summed E-state index contributed by atoms with van der Waals surface area (Å²) in [7, 11) is 1.41. The van der Waals surface area contributed by atoms with Crippen LogP contribution in [0.25, 0.3) is 11.1 Å². The Morgan fingerprint density at radius 3 is 2.52 bits per heavy atom. The molecule has 21 heavy (non-hydrogen) atoms. The Balaban J connectivity index is 2.43. The van der Waals surface area contributed by atoms with Gasteiger partial charge in [0.25, 0.3) is 0 Å². The highest BCUT2D eigenvalue weighted by molar-refractivity contribution is 5.90. The van der Waals surface area contributed by atoms with E-state index >= 15 is 0 Å². The van der Waals surface area contributed by atoms with E-state index in [1.54, 1.807) is 0 Å². The Morgan fingerprint density at radius 1 is 1.10 bits per heavy atom. The zero-order valence-electron chi connectivity index (χ0n) is 12.5. The molecule has 2 heteroatoms. The number of carbonyl (C=O) groups is 1. The average molecular weight is 280 g/mol. The molecule has 0 radical (unpaired) electrons. The van der Waals surface area contributed by atoms with Crippen molar-refractivity contribution in [3.8, 4) is 11.1 Å². The van der Waals surface area contributed by atoms with Crippen LogP contribution in [0.3, 0.4) is 0 Å². The highest BCUT2D eigenvalue weighted by Gasteiger charge is 2.10. The lowest BCUT2D eigenvalue weighted by Gasteiger charge is -2.10. The van der Waals surface area contributed by atoms with Crippen LogP contribution in [0.5, 0.6) is 0 Å². The molecule has 2 aromatic rings. The fourth-order valence-corrected chi connectivity index (χ4v) is 2.28. The Hall–Kier alpha value is -2.35. The normalized spacial score (nSPS) is 10.8. The Morgan fingerprint density at radius 2 is 1.86 bits per heavy atom. The molecule has 0 spiro atoms. The molecule has 0 atom stereocenters. The van der Waals surface area contributed by atoms with Crippen molar-refractivity contribution in [2.45, 2.75) is 19.8 Å². The third-order valence-electron chi connectivity index (χ3n) is 3.35. The lowest BCUT2D eigenvalue weighted by Crippen LogP contribution is -2.02. The maximum Gasteiger partial charge on any atom is 0.337 e. The first-order chi connectivity index (χ1) is 10.3. The number of hydrogen-bond acceptors (Lipinski definition) is 2. The van der Waals surface area contributed by atoms with Crippen LogP contribution in [0.2, 0.25) is 0 Å². The molecule has 0 aliphatic rings. The number of hydrogen-bond donors (Lipinski definition) is 0. The zero-order valence-corrected chi connectivity index (χ0v) is 12.5. The van der Waals surface area contributed by atoms with E-state index in [9.17, 15) is 4.79 Å². The molecule has 108 valence electrons. The van der Waals surface area contributed by atoms with Gasteiger partial charge in [-0.1, -0.05) is 55.5 Å². The summed E-state index contributed by atoms with van der Waals surface area (Å²) >= 11 is 0. The summed E-state index contributed by atoms with van der Waals surface area (Å²) in [6, 6.07) is 16.0. The maximum atomic E-state index is 11.7. The van der Waals surface area contributed by atoms with Crippen molar-refractivity contribution in [1.82, 2.24) is 0 Å². The van der Waals surface area contributed by atoms with Crippen molar-refractivity contribution in [3.63, 3.8) is 0 Å². The molecule has 0 aromatic heterocycles. The van der Waals surface area contributed by atoms with E-state index in [1.807, 2.05) is 36.4 Å². The minimum Gasteiger partial charge on any atom is -0.465 e. The van der Waals surface area contributed by atoms with E-state index < -0.39 is 0 Å². The number of allylic oxidation sites excluding steroid dienone is 2. The molecule has 0 bridgehead atoms. The molecule has 0 saturated carbocycles. The smallest absolute Gasteiger partial charge is 0.337 e. The van der Waals surface area contributed by atoms with E-state index in [-0.39, 0.29) is 5.97 Å². The summed E-state index contributed by atoms with van der Waals surface area (Å²) in [6.07, 6.45) is 6.10. The van der Waals surface area contributed by atoms with Crippen molar-refractivity contribution < 1.29 is 9.53 Å². The first kappa shape index (κ1) is 15.0. The largest absolute Gasteiger partial charge is 0.465 e. The SMILES string of the molecule is CCC=CCc1cc(C(=O)OC)ccc1-c1ccccc1. The number of benzene rings is 2. The van der Waals surface area contributed by atoms with Gasteiger partial charge in [0.15, 0.2) is 0 Å². The predicted octanol–water partition coefficient (Wildman–Crippen LogP) is 4.65. The fourth-order valence-electron chi connectivity index (χ4n) is 2.28. The van der Waals surface area contributed by atoms with Crippen LogP contribution in [-0.2, 0) is 11.2 Å². The van der Waals surface area contributed by atoms with Crippen LogP contribution in [0.15, 0.2) is 60.7 Å². The van der Waals surface area contributed by atoms with Crippen molar-refractivity contribution in [2.24, 2.45) is 0 Å². The Bertz CT molecular complexity index is 627. The second-order valence-corrected chi connectivity index (χ2v) is 4.81. The van der Waals surface area contributed by atoms with Crippen molar-refractivity contribution >= 4 is 5.97 Å². The molecule has 0 saturated heterocycles. The van der Waals surface area contributed by atoms with Crippen molar-refractivity contribution in [3.05, 3.63) is 71.8 Å². The summed E-state index contributed by atoms with van der Waals surface area (Å²) < 4.78 is 4.81. The highest BCUT2D eigenvalue weighted by atomic mass is 16.5. The molecule has 0 fully saturated rings. The van der Waals surface area contributed by atoms with Gasteiger partial charge in [0.2, 0.25) is 0 Å². The van der Waals surface area contributed by atoms with Gasteiger partial charge >= 0.3 is 5.97 Å². The summed E-state index contributed by atoms with van der Waals surface area (Å²) in [4.78, 5) is 11.7. The summed E-state index contributed by atoms with van der Waals surface area (Å²) in [5.41, 5.74) is 4.05. The molecule has 0 N–H and O–H groups in total. The molecule has 0 amide bonds. The predicted molar refractivity (Wildman–Crippen MR) is 86.4 cm³/mol. The van der Waals surface area contributed by atoms with Gasteiger partial charge in [-0.15, -0.1) is 0 Å². The van der Waals surface area contributed by atoms with Crippen LogP contribution in [0, 0.1) is 0 Å². The molecule has 2 rings (SSSR count). The average Bonchev–Trinajstić information content (AvgIpc) is 2.55. The maximum absolute atomic E-state index is 11.7. The van der Waals surface area contributed by atoms with Crippen molar-refractivity contribution in [2.75, 3.05) is 7.11 Å². The van der Waals surface area contributed by atoms with Crippen LogP contribution in [-0.4, -0.2) is 13.1 Å². The molecule has 0 aliphatic carbocycles. The molecular weight excluding hydrogens is 260 g/mol. The number of carbonyl (C=O) groups excluding carboxylic acids is 1. The van der Waals surface area contributed by atoms with Crippen LogP contribution in [0.1, 0.15) is 29.3 Å². The number of rotatable bonds is 5. The van der Waals surface area contributed by atoms with Crippen molar-refractivity contribution in [1.29, 1.82) is 0 Å². The Kier molecular flexibility index (Phi) is 5.33. The lowest BCUT2D eigenvalue weighted by atomic mass is 9.95. The first-order valence-corrected chi connectivity index (χ1v) is 7.18. The van der Waals surface area contributed by atoms with Crippen LogP contribution >= 0.6 is 0 Å². The highest BCUT2D eigenvalue weighted by Crippen LogP contribution is 2.25. The second-order valence-electron chi connectivity index (χ2n) is 4.81. The summed E-state index contributed by atoms with van der Waals surface area (Å²) in [5.74, 6) is -0.296.